The Morgan fingerprint density at radius 3 is 1.70 bits per heavy atom. The lowest BCUT2D eigenvalue weighted by molar-refractivity contribution is -0.116. The third kappa shape index (κ3) is 2.07. The lowest BCUT2D eigenvalue weighted by Crippen LogP contribution is -2.54. The number of rotatable bonds is 2. The Morgan fingerprint density at radius 2 is 1.30 bits per heavy atom. The highest BCUT2D eigenvalue weighted by atomic mass is 32.1. The van der Waals surface area contributed by atoms with Crippen molar-refractivity contribution in [3.05, 3.63) is 0 Å². The maximum absolute atomic E-state index is 12.4. The summed E-state index contributed by atoms with van der Waals surface area (Å²) in [5.74, 6) is 1.70. The van der Waals surface area contributed by atoms with Crippen LogP contribution in [-0.2, 0) is 4.79 Å². The van der Waals surface area contributed by atoms with E-state index in [0.717, 1.165) is 24.7 Å². The van der Waals surface area contributed by atoms with E-state index in [-0.39, 0.29) is 17.0 Å². The summed E-state index contributed by atoms with van der Waals surface area (Å²) in [6, 6.07) is 0. The van der Waals surface area contributed by atoms with Gasteiger partial charge in [0.05, 0.1) is 0 Å². The van der Waals surface area contributed by atoms with Crippen LogP contribution in [0.25, 0.3) is 0 Å². The Bertz CT molecular complexity index is 403. The lowest BCUT2D eigenvalue weighted by Gasteiger charge is -2.32. The number of amides is 1. The molecule has 0 heterocycles. The monoisotopic (exact) mass is 292 g/mol. The topological polar surface area (TPSA) is 41.1 Å². The molecule has 0 aromatic carbocycles. The van der Waals surface area contributed by atoms with Crippen LogP contribution >= 0.6 is 12.2 Å². The first-order valence-electron chi connectivity index (χ1n) is 8.23. The minimum Gasteiger partial charge on any atom is -0.366 e. The number of thiocarbonyl (C=S) groups is 1. The predicted molar refractivity (Wildman–Crippen MR) is 82.5 cm³/mol. The third-order valence-corrected chi connectivity index (χ3v) is 6.73. The summed E-state index contributed by atoms with van der Waals surface area (Å²) in [5, 5.41) is 6.70. The van der Waals surface area contributed by atoms with E-state index in [0.29, 0.717) is 4.99 Å². The summed E-state index contributed by atoms with van der Waals surface area (Å²) in [7, 11) is 0. The van der Waals surface area contributed by atoms with Gasteiger partial charge in [-0.1, -0.05) is 12.2 Å². The first-order chi connectivity index (χ1) is 9.58. The quantitative estimate of drug-likeness (QED) is 0.769. The van der Waals surface area contributed by atoms with Gasteiger partial charge in [0.25, 0.3) is 5.91 Å². The molecular weight excluding hydrogens is 268 g/mol. The van der Waals surface area contributed by atoms with Crippen LogP contribution in [0.5, 0.6) is 0 Å². The fourth-order valence-corrected chi connectivity index (χ4v) is 5.60. The van der Waals surface area contributed by atoms with E-state index in [9.17, 15) is 4.79 Å². The van der Waals surface area contributed by atoms with E-state index in [1.54, 1.807) is 0 Å². The van der Waals surface area contributed by atoms with Crippen LogP contribution in [0.15, 0.2) is 0 Å². The van der Waals surface area contributed by atoms with E-state index in [4.69, 9.17) is 12.2 Å². The van der Waals surface area contributed by atoms with Crippen molar-refractivity contribution in [3.63, 3.8) is 0 Å². The number of hydrogen-bond donors (Lipinski definition) is 2. The van der Waals surface area contributed by atoms with Gasteiger partial charge < -0.3 is 10.6 Å². The molecule has 4 aliphatic carbocycles. The van der Waals surface area contributed by atoms with Gasteiger partial charge >= 0.3 is 0 Å². The highest BCUT2D eigenvalue weighted by Gasteiger charge is 2.48. The molecular formula is C16H24N2OS. The van der Waals surface area contributed by atoms with Gasteiger partial charge in [-0.3, -0.25) is 4.79 Å². The van der Waals surface area contributed by atoms with Crippen LogP contribution in [0.4, 0.5) is 0 Å². The smallest absolute Gasteiger partial charge is 0.279 e. The number of hydrogen-bond acceptors (Lipinski definition) is 2. The first-order valence-corrected chi connectivity index (χ1v) is 8.64. The molecule has 0 radical (unpaired) electrons. The molecule has 0 aromatic rings. The van der Waals surface area contributed by atoms with Crippen LogP contribution in [0.1, 0.15) is 64.2 Å². The largest absolute Gasteiger partial charge is 0.366 e. The number of carbonyl (C=O) groups excluding carboxylic acids is 1. The molecule has 4 aliphatic rings. The van der Waals surface area contributed by atoms with Crippen LogP contribution in [-0.4, -0.2) is 22.0 Å². The molecule has 0 atom stereocenters. The molecule has 0 aromatic heterocycles. The average molecular weight is 292 g/mol. The van der Waals surface area contributed by atoms with Crippen LogP contribution in [0, 0.1) is 11.8 Å². The molecule has 3 nitrogen and oxygen atoms in total. The molecule has 0 unspecified atom stereocenters. The second-order valence-corrected chi connectivity index (χ2v) is 8.17. The summed E-state index contributed by atoms with van der Waals surface area (Å²) >= 11 is 5.39. The maximum atomic E-state index is 12.4. The van der Waals surface area contributed by atoms with Gasteiger partial charge in [-0.2, -0.15) is 0 Å². The molecule has 4 saturated carbocycles. The van der Waals surface area contributed by atoms with Crippen molar-refractivity contribution in [3.8, 4) is 0 Å². The minimum atomic E-state index is -0.0210. The Labute approximate surface area is 126 Å². The molecule has 0 saturated heterocycles. The van der Waals surface area contributed by atoms with Crippen molar-refractivity contribution in [1.82, 2.24) is 10.6 Å². The van der Waals surface area contributed by atoms with Crippen molar-refractivity contribution < 1.29 is 4.79 Å². The average Bonchev–Trinajstić information content (AvgIpc) is 3.17. The normalized spacial score (nSPS) is 44.8. The van der Waals surface area contributed by atoms with Gasteiger partial charge in [-0.15, -0.1) is 0 Å². The molecule has 110 valence electrons. The number of fused-ring (bicyclic) bond motifs is 4. The van der Waals surface area contributed by atoms with E-state index in [2.05, 4.69) is 10.6 Å². The van der Waals surface area contributed by atoms with Crippen molar-refractivity contribution in [2.45, 2.75) is 75.3 Å². The van der Waals surface area contributed by atoms with E-state index < -0.39 is 0 Å². The van der Waals surface area contributed by atoms with Gasteiger partial charge in [-0.25, -0.2) is 0 Å². The molecule has 4 heteroatoms. The van der Waals surface area contributed by atoms with Crippen molar-refractivity contribution >= 4 is 23.1 Å². The lowest BCUT2D eigenvalue weighted by atomic mass is 9.93. The zero-order valence-corrected chi connectivity index (χ0v) is 12.9. The van der Waals surface area contributed by atoms with E-state index >= 15 is 0 Å². The Balaban J connectivity index is 1.38. The third-order valence-electron chi connectivity index (χ3n) is 6.45. The fourth-order valence-electron chi connectivity index (χ4n) is 5.33. The van der Waals surface area contributed by atoms with Crippen molar-refractivity contribution in [2.75, 3.05) is 0 Å². The first kappa shape index (κ1) is 13.1. The van der Waals surface area contributed by atoms with Gasteiger partial charge in [0, 0.05) is 11.1 Å². The molecule has 20 heavy (non-hydrogen) atoms. The maximum Gasteiger partial charge on any atom is 0.279 e. The molecule has 0 aliphatic heterocycles. The second-order valence-electron chi connectivity index (χ2n) is 7.76. The van der Waals surface area contributed by atoms with Crippen LogP contribution in [0.2, 0.25) is 0 Å². The van der Waals surface area contributed by atoms with Gasteiger partial charge in [0.2, 0.25) is 0 Å². The predicted octanol–water partition coefficient (Wildman–Crippen LogP) is 2.69. The Hall–Kier alpha value is -0.640. The second kappa shape index (κ2) is 4.43. The molecule has 0 spiro atoms. The zero-order chi connectivity index (χ0) is 13.8. The standard InChI is InChI=1S/C16H24N2OS/c19-13(17-15-5-1-11(9-15)2-6-15)14(20)18-16-7-3-12(10-16)4-8-16/h11-12H,1-10H2,(H,17,19)(H,18,20). The molecule has 1 amide bonds. The fraction of sp³-hybridized carbons (Fsp3) is 0.875. The summed E-state index contributed by atoms with van der Waals surface area (Å²) in [6.07, 6.45) is 12.3. The van der Waals surface area contributed by atoms with Crippen molar-refractivity contribution in [1.29, 1.82) is 0 Å². The number of carbonyl (C=O) groups is 1. The molecule has 4 rings (SSSR count). The zero-order valence-electron chi connectivity index (χ0n) is 12.0. The Kier molecular flexibility index (Phi) is 2.89. The highest BCUT2D eigenvalue weighted by Crippen LogP contribution is 2.48. The van der Waals surface area contributed by atoms with Gasteiger partial charge in [0.1, 0.15) is 0 Å². The van der Waals surface area contributed by atoms with Crippen LogP contribution in [0.3, 0.4) is 0 Å². The molecule has 4 bridgehead atoms. The molecule has 4 fully saturated rings. The van der Waals surface area contributed by atoms with Crippen molar-refractivity contribution in [2.24, 2.45) is 11.8 Å². The van der Waals surface area contributed by atoms with E-state index in [1.165, 1.54) is 51.4 Å². The SMILES string of the molecule is O=C(NC12CCC(CC1)C2)C(=S)NC12CCC(CC1)C2. The van der Waals surface area contributed by atoms with Gasteiger partial charge in [0.15, 0.2) is 4.99 Å². The van der Waals surface area contributed by atoms with Crippen LogP contribution < -0.4 is 10.6 Å². The summed E-state index contributed by atoms with van der Waals surface area (Å²) in [4.78, 5) is 12.9. The molecule has 2 N–H and O–H groups in total. The van der Waals surface area contributed by atoms with Gasteiger partial charge in [-0.05, 0) is 76.0 Å². The number of nitrogens with one attached hydrogen (secondary N) is 2. The van der Waals surface area contributed by atoms with E-state index in [1.807, 2.05) is 0 Å². The summed E-state index contributed by atoms with van der Waals surface area (Å²) < 4.78 is 0. The Morgan fingerprint density at radius 1 is 0.850 bits per heavy atom. The summed E-state index contributed by atoms with van der Waals surface area (Å²) in [6.45, 7) is 0. The minimum absolute atomic E-state index is 0.0210. The highest BCUT2D eigenvalue weighted by molar-refractivity contribution is 7.82. The summed E-state index contributed by atoms with van der Waals surface area (Å²) in [5.41, 5.74) is 0.240.